The topological polar surface area (TPSA) is 85.8 Å². The number of benzene rings is 2. The molecule has 0 aliphatic heterocycles. The van der Waals surface area contributed by atoms with Crippen LogP contribution in [0.25, 0.3) is 17.0 Å². The number of nitrogens with one attached hydrogen (secondary N) is 2. The molecule has 1 aromatic heterocycles. The van der Waals surface area contributed by atoms with E-state index in [0.29, 0.717) is 11.3 Å². The molecule has 0 spiro atoms. The van der Waals surface area contributed by atoms with Crippen molar-refractivity contribution in [3.05, 3.63) is 68.7 Å². The lowest BCUT2D eigenvalue weighted by atomic mass is 10.1. The molecule has 5 nitrogen and oxygen atoms in total. The van der Waals surface area contributed by atoms with Crippen molar-refractivity contribution in [1.82, 2.24) is 4.98 Å². The van der Waals surface area contributed by atoms with Crippen LogP contribution in [0, 0.1) is 25.2 Å². The smallest absolute Gasteiger partial charge is 0.272 e. The Morgan fingerprint density at radius 3 is 2.69 bits per heavy atom. The number of H-pyrrole nitrogens is 1. The fraction of sp³-hybridized carbons (Fsp3) is 0.105. The summed E-state index contributed by atoms with van der Waals surface area (Å²) in [5.74, 6) is 0. The molecule has 0 fully saturated rings. The van der Waals surface area contributed by atoms with Crippen LogP contribution in [0.5, 0.6) is 0 Å². The maximum atomic E-state index is 12.7. The minimum Gasteiger partial charge on any atom is -0.361 e. The van der Waals surface area contributed by atoms with E-state index in [1.54, 1.807) is 18.3 Å². The van der Waals surface area contributed by atoms with Crippen molar-refractivity contribution in [3.63, 3.8) is 0 Å². The van der Waals surface area contributed by atoms with E-state index in [1.165, 1.54) is 6.08 Å². The Hall–Kier alpha value is -2.56. The van der Waals surface area contributed by atoms with Crippen molar-refractivity contribution in [3.8, 4) is 6.07 Å². The van der Waals surface area contributed by atoms with Gasteiger partial charge in [0.15, 0.2) is 4.91 Å². The average molecular weight is 430 g/mol. The first-order valence-electron chi connectivity index (χ1n) is 7.78. The Morgan fingerprint density at radius 1 is 1.23 bits per heavy atom. The minimum absolute atomic E-state index is 0.349. The zero-order valence-electron chi connectivity index (χ0n) is 14.2. The molecular weight excluding hydrogens is 414 g/mol. The number of rotatable bonds is 4. The normalized spacial score (nSPS) is 12.2. The lowest BCUT2D eigenvalue weighted by molar-refractivity contribution is 0.608. The number of fused-ring (bicyclic) bond motifs is 1. The molecule has 0 amide bonds. The molecule has 0 atom stereocenters. The van der Waals surface area contributed by atoms with Crippen LogP contribution in [0.1, 0.15) is 16.7 Å². The second-order valence-electron chi connectivity index (χ2n) is 5.98. The number of anilines is 1. The number of sulfonamides is 1. The van der Waals surface area contributed by atoms with Crippen LogP contribution < -0.4 is 4.72 Å². The van der Waals surface area contributed by atoms with Crippen molar-refractivity contribution < 1.29 is 8.42 Å². The van der Waals surface area contributed by atoms with Gasteiger partial charge in [0.05, 0.1) is 5.69 Å². The van der Waals surface area contributed by atoms with Crippen molar-refractivity contribution in [1.29, 1.82) is 5.26 Å². The molecule has 0 bridgehead atoms. The molecule has 132 valence electrons. The Balaban J connectivity index is 2.02. The van der Waals surface area contributed by atoms with Crippen molar-refractivity contribution >= 4 is 48.6 Å². The highest BCUT2D eigenvalue weighted by atomic mass is 79.9. The molecular formula is C19H16BrN3O2S. The highest BCUT2D eigenvalue weighted by molar-refractivity contribution is 9.10. The lowest BCUT2D eigenvalue weighted by Crippen LogP contribution is -2.15. The fourth-order valence-corrected chi connectivity index (χ4v) is 4.06. The molecule has 0 radical (unpaired) electrons. The van der Waals surface area contributed by atoms with Gasteiger partial charge in [-0.3, -0.25) is 4.72 Å². The summed E-state index contributed by atoms with van der Waals surface area (Å²) < 4.78 is 28.7. The van der Waals surface area contributed by atoms with Crippen molar-refractivity contribution in [2.75, 3.05) is 4.72 Å². The van der Waals surface area contributed by atoms with Crippen LogP contribution in [0.15, 0.2) is 52.0 Å². The standard InChI is InChI=1S/C19H16BrN3O2S/c1-12-3-5-18(13(2)7-12)23-26(24,25)16(10-21)8-14-11-22-19-6-4-15(20)9-17(14)19/h3-9,11,22-23H,1-2H3/b16-8-. The van der Waals surface area contributed by atoms with Gasteiger partial charge in [-0.25, -0.2) is 8.42 Å². The van der Waals surface area contributed by atoms with Gasteiger partial charge in [0, 0.05) is 27.1 Å². The Bertz CT molecular complexity index is 1170. The summed E-state index contributed by atoms with van der Waals surface area (Å²) in [6.07, 6.45) is 3.05. The van der Waals surface area contributed by atoms with Crippen LogP contribution in [-0.2, 0) is 10.0 Å². The Morgan fingerprint density at radius 2 is 2.00 bits per heavy atom. The maximum Gasteiger partial charge on any atom is 0.272 e. The van der Waals surface area contributed by atoms with E-state index < -0.39 is 10.0 Å². The molecule has 0 saturated carbocycles. The van der Waals surface area contributed by atoms with Crippen molar-refractivity contribution in [2.45, 2.75) is 13.8 Å². The number of nitrogens with zero attached hydrogens (tertiary/aromatic N) is 1. The molecule has 3 rings (SSSR count). The molecule has 0 unspecified atom stereocenters. The number of hydrogen-bond acceptors (Lipinski definition) is 3. The third kappa shape index (κ3) is 3.66. The van der Waals surface area contributed by atoms with Gasteiger partial charge in [0.25, 0.3) is 10.0 Å². The molecule has 26 heavy (non-hydrogen) atoms. The van der Waals surface area contributed by atoms with Gasteiger partial charge in [-0.2, -0.15) is 5.26 Å². The van der Waals surface area contributed by atoms with Gasteiger partial charge >= 0.3 is 0 Å². The van der Waals surface area contributed by atoms with E-state index in [4.69, 9.17) is 0 Å². The SMILES string of the molecule is Cc1ccc(NS(=O)(=O)/C(C#N)=C\c2c[nH]c3ccc(Br)cc23)c(C)c1. The van der Waals surface area contributed by atoms with E-state index >= 15 is 0 Å². The third-order valence-electron chi connectivity index (χ3n) is 3.99. The van der Waals surface area contributed by atoms with Gasteiger partial charge in [0.1, 0.15) is 6.07 Å². The predicted molar refractivity (Wildman–Crippen MR) is 108 cm³/mol. The van der Waals surface area contributed by atoms with Gasteiger partial charge in [0.2, 0.25) is 0 Å². The Kier molecular flexibility index (Phi) is 4.90. The highest BCUT2D eigenvalue weighted by Gasteiger charge is 2.19. The van der Waals surface area contributed by atoms with E-state index in [0.717, 1.165) is 26.5 Å². The summed E-state index contributed by atoms with van der Waals surface area (Å²) in [5, 5.41) is 10.2. The number of hydrogen-bond donors (Lipinski definition) is 2. The summed E-state index contributed by atoms with van der Waals surface area (Å²) in [7, 11) is -3.99. The molecule has 0 aliphatic rings. The lowest BCUT2D eigenvalue weighted by Gasteiger charge is -2.10. The maximum absolute atomic E-state index is 12.7. The van der Waals surface area contributed by atoms with Crippen LogP contribution in [0.3, 0.4) is 0 Å². The zero-order chi connectivity index (χ0) is 18.9. The van der Waals surface area contributed by atoms with Gasteiger partial charge in [-0.1, -0.05) is 33.6 Å². The highest BCUT2D eigenvalue weighted by Crippen LogP contribution is 2.26. The van der Waals surface area contributed by atoms with Crippen LogP contribution in [0.2, 0.25) is 0 Å². The first kappa shape index (κ1) is 18.2. The molecule has 0 saturated heterocycles. The first-order chi connectivity index (χ1) is 12.3. The van der Waals surface area contributed by atoms with Gasteiger partial charge in [-0.15, -0.1) is 0 Å². The average Bonchev–Trinajstić information content (AvgIpc) is 2.97. The number of aromatic nitrogens is 1. The summed E-state index contributed by atoms with van der Waals surface area (Å²) >= 11 is 3.40. The monoisotopic (exact) mass is 429 g/mol. The van der Waals surface area contributed by atoms with E-state index in [9.17, 15) is 13.7 Å². The number of aromatic amines is 1. The van der Waals surface area contributed by atoms with Crippen LogP contribution in [-0.4, -0.2) is 13.4 Å². The van der Waals surface area contributed by atoms with E-state index in [-0.39, 0.29) is 4.91 Å². The van der Waals surface area contributed by atoms with Crippen molar-refractivity contribution in [2.24, 2.45) is 0 Å². The van der Waals surface area contributed by atoms with E-state index in [2.05, 4.69) is 25.6 Å². The number of nitriles is 1. The molecule has 0 aliphatic carbocycles. The largest absolute Gasteiger partial charge is 0.361 e. The summed E-state index contributed by atoms with van der Waals surface area (Å²) in [6.45, 7) is 3.75. The second kappa shape index (κ2) is 6.98. The number of aryl methyl sites for hydroxylation is 2. The zero-order valence-corrected chi connectivity index (χ0v) is 16.6. The van der Waals surface area contributed by atoms with Gasteiger partial charge in [-0.05, 0) is 49.8 Å². The molecule has 1 heterocycles. The Labute approximate surface area is 160 Å². The molecule has 2 N–H and O–H groups in total. The second-order valence-corrected chi connectivity index (χ2v) is 8.54. The van der Waals surface area contributed by atoms with E-state index in [1.807, 2.05) is 44.2 Å². The molecule has 2 aromatic carbocycles. The minimum atomic E-state index is -3.99. The summed E-state index contributed by atoms with van der Waals surface area (Å²) in [6, 6.07) is 12.8. The summed E-state index contributed by atoms with van der Waals surface area (Å²) in [5.41, 5.74) is 3.77. The fourth-order valence-electron chi connectivity index (χ4n) is 2.67. The molecule has 7 heteroatoms. The third-order valence-corrected chi connectivity index (χ3v) is 5.76. The first-order valence-corrected chi connectivity index (χ1v) is 10.1. The van der Waals surface area contributed by atoms with Gasteiger partial charge < -0.3 is 4.98 Å². The van der Waals surface area contributed by atoms with Crippen LogP contribution >= 0.6 is 15.9 Å². The van der Waals surface area contributed by atoms with Crippen LogP contribution in [0.4, 0.5) is 5.69 Å². The quantitative estimate of drug-likeness (QED) is 0.580. The molecule has 3 aromatic rings. The predicted octanol–water partition coefficient (Wildman–Crippen LogP) is 4.85. The number of allylic oxidation sites excluding steroid dienone is 1. The number of halogens is 1. The summed E-state index contributed by atoms with van der Waals surface area (Å²) in [4.78, 5) is 2.72.